The van der Waals surface area contributed by atoms with E-state index in [0.717, 1.165) is 24.0 Å². The van der Waals surface area contributed by atoms with Gasteiger partial charge in [-0.3, -0.25) is 9.59 Å². The molecule has 38 heavy (non-hydrogen) atoms. The second-order valence-corrected chi connectivity index (χ2v) is 7.58. The molecule has 0 aliphatic heterocycles. The number of benzene rings is 2. The fourth-order valence-electron chi connectivity index (χ4n) is 3.23. The van der Waals surface area contributed by atoms with Crippen molar-refractivity contribution in [2.45, 2.75) is 73.4 Å². The molecule has 0 aliphatic rings. The molecule has 2 N–H and O–H groups in total. The van der Waals surface area contributed by atoms with Crippen LogP contribution in [0.2, 0.25) is 0 Å². The van der Waals surface area contributed by atoms with Gasteiger partial charge in [-0.1, -0.05) is 65.3 Å². The summed E-state index contributed by atoms with van der Waals surface area (Å²) in [4.78, 5) is 24.3. The van der Waals surface area contributed by atoms with Crippen LogP contribution in [0.25, 0.3) is 0 Å². The summed E-state index contributed by atoms with van der Waals surface area (Å²) in [5, 5.41) is 5.63. The Morgan fingerprint density at radius 3 is 1.97 bits per heavy atom. The van der Waals surface area contributed by atoms with Crippen LogP contribution in [-0.4, -0.2) is 37.8 Å². The van der Waals surface area contributed by atoms with Crippen LogP contribution >= 0.6 is 0 Å². The molecule has 0 radical (unpaired) electrons. The minimum Gasteiger partial charge on any atom is -0.790 e. The zero-order chi connectivity index (χ0) is 28.8. The molecule has 2 aromatic carbocycles. The number of ether oxygens (including phenoxy) is 2. The van der Waals surface area contributed by atoms with Gasteiger partial charge in [0.15, 0.2) is 0 Å². The summed E-state index contributed by atoms with van der Waals surface area (Å²) in [5.41, 5.74) is 2.91. The van der Waals surface area contributed by atoms with Gasteiger partial charge in [-0.15, -0.1) is 18.1 Å². The van der Waals surface area contributed by atoms with E-state index in [1.54, 1.807) is 27.2 Å². The van der Waals surface area contributed by atoms with Gasteiger partial charge >= 0.3 is 0 Å². The minimum absolute atomic E-state index is 0. The Balaban J connectivity index is -0.00000140. The molecule has 8 heteroatoms. The fourth-order valence-corrected chi connectivity index (χ4v) is 3.47. The molecule has 6 nitrogen and oxygen atoms in total. The van der Waals surface area contributed by atoms with E-state index in [1.807, 2.05) is 52.0 Å². The Hall–Kier alpha value is -2.45. The first-order chi connectivity index (χ1) is 17.8. The molecule has 0 bridgehead atoms. The Bertz CT molecular complexity index is 946. The molecule has 0 saturated heterocycles. The molecule has 0 saturated carbocycles. The van der Waals surface area contributed by atoms with Gasteiger partial charge in [-0.2, -0.15) is 0 Å². The zero-order valence-electron chi connectivity index (χ0n) is 24.3. The maximum absolute atomic E-state index is 12.9. The number of methoxy groups -OCH3 is 2. The van der Waals surface area contributed by atoms with Gasteiger partial charge in [0.1, 0.15) is 11.5 Å². The van der Waals surface area contributed by atoms with E-state index < -0.39 is 12.1 Å². The third-order valence-corrected chi connectivity index (χ3v) is 5.08. The number of hydrogen-bond donors (Lipinski definition) is 2. The van der Waals surface area contributed by atoms with Crippen LogP contribution in [0.5, 0.6) is 11.5 Å². The molecule has 2 rings (SSSR count). The number of carbonyl (C=O) groups excluding carboxylic acids is 2. The van der Waals surface area contributed by atoms with Gasteiger partial charge < -0.3 is 32.7 Å². The number of hydrogen-bond acceptors (Lipinski definition) is 5. The first-order valence-electron chi connectivity index (χ1n) is 12.7. The number of aryl methyl sites for hydroxylation is 1. The van der Waals surface area contributed by atoms with E-state index in [0.29, 0.717) is 11.5 Å². The smallest absolute Gasteiger partial charge is 0.241 e. The first kappa shape index (κ1) is 40.1. The summed E-state index contributed by atoms with van der Waals surface area (Å²) in [7, 11) is 3.16. The summed E-state index contributed by atoms with van der Waals surface area (Å²) in [6, 6.07) is 12.3. The van der Waals surface area contributed by atoms with Gasteiger partial charge in [-0.25, -0.2) is 0 Å². The number of nitrogens with one attached hydrogen (secondary N) is 2. The van der Waals surface area contributed by atoms with Gasteiger partial charge in [-0.05, 0) is 36.6 Å². The predicted octanol–water partition coefficient (Wildman–Crippen LogP) is 5.60. The van der Waals surface area contributed by atoms with Crippen LogP contribution in [0.1, 0.15) is 77.6 Å². The van der Waals surface area contributed by atoms with Crippen molar-refractivity contribution >= 4 is 24.4 Å². The summed E-state index contributed by atoms with van der Waals surface area (Å²) in [6.07, 6.45) is 6.65. The van der Waals surface area contributed by atoms with Crippen LogP contribution in [0.3, 0.4) is 0 Å². The minimum atomic E-state index is -0.788. The predicted molar refractivity (Wildman–Crippen MR) is 157 cm³/mol. The molecule has 2 unspecified atom stereocenters. The third kappa shape index (κ3) is 14.5. The first-order valence-corrected chi connectivity index (χ1v) is 13.3. The zero-order valence-corrected chi connectivity index (χ0v) is 26.6. The Morgan fingerprint density at radius 2 is 1.55 bits per heavy atom. The summed E-state index contributed by atoms with van der Waals surface area (Å²) in [6.45, 7) is 13.2. The van der Waals surface area contributed by atoms with Crippen molar-refractivity contribution in [3.8, 4) is 23.8 Å². The van der Waals surface area contributed by atoms with E-state index in [9.17, 15) is 9.59 Å². The van der Waals surface area contributed by atoms with Crippen LogP contribution in [0, 0.1) is 12.3 Å². The number of terminal acetylenes is 1. The van der Waals surface area contributed by atoms with Crippen LogP contribution in [0.15, 0.2) is 42.5 Å². The van der Waals surface area contributed by atoms with E-state index in [-0.39, 0.29) is 38.0 Å². The Morgan fingerprint density at radius 1 is 1.00 bits per heavy atom. The normalized spacial score (nSPS) is 10.4. The summed E-state index contributed by atoms with van der Waals surface area (Å²) < 4.78 is 10.9. The molecule has 2 atom stereocenters. The van der Waals surface area contributed by atoms with E-state index >= 15 is 0 Å². The van der Waals surface area contributed by atoms with Gasteiger partial charge in [0.2, 0.25) is 11.8 Å². The van der Waals surface area contributed by atoms with Crippen LogP contribution in [-0.2, 0) is 49.1 Å². The van der Waals surface area contributed by atoms with Crippen LogP contribution < -0.4 is 20.1 Å². The molecular weight excluding hydrogens is 591 g/mol. The molecule has 0 heterocycles. The topological polar surface area (TPSA) is 76.7 Å². The Labute approximate surface area is 250 Å². The molecule has 2 aromatic rings. The molecule has 216 valence electrons. The van der Waals surface area contributed by atoms with Crippen molar-refractivity contribution in [1.29, 1.82) is 0 Å². The molecule has 0 aromatic heterocycles. The molecule has 0 fully saturated rings. The second-order valence-electron chi connectivity index (χ2n) is 7.25. The van der Waals surface area contributed by atoms with Crippen molar-refractivity contribution in [2.75, 3.05) is 20.0 Å². The van der Waals surface area contributed by atoms with Gasteiger partial charge in [0, 0.05) is 39.0 Å². The SMILES string of the molecule is C#CC.CC.CC.CCCc1ccc(C(NC(=O)C(C[S-])NC(C)=O)c2ccc(OC)cc2OC)cc1.[Pd]. The van der Waals surface area contributed by atoms with Gasteiger partial charge in [0.25, 0.3) is 0 Å². The number of amides is 2. The second kappa shape index (κ2) is 24.9. The largest absolute Gasteiger partial charge is 0.790 e. The molecule has 0 aliphatic carbocycles. The van der Waals surface area contributed by atoms with E-state index in [1.165, 1.54) is 12.5 Å². The van der Waals surface area contributed by atoms with E-state index in [2.05, 4.69) is 42.0 Å². The maximum atomic E-state index is 12.9. The van der Waals surface area contributed by atoms with E-state index in [4.69, 9.17) is 22.1 Å². The Kier molecular flexibility index (Phi) is 26.2. The summed E-state index contributed by atoms with van der Waals surface area (Å²) >= 11 is 5.07. The van der Waals surface area contributed by atoms with Crippen molar-refractivity contribution in [3.63, 3.8) is 0 Å². The summed E-state index contributed by atoms with van der Waals surface area (Å²) in [5.74, 6) is 2.92. The van der Waals surface area contributed by atoms with Gasteiger partial charge in [0.05, 0.1) is 26.3 Å². The average molecular weight is 636 g/mol. The average Bonchev–Trinajstić information content (AvgIpc) is 2.93. The monoisotopic (exact) mass is 635 g/mol. The third-order valence-electron chi connectivity index (χ3n) is 4.75. The quantitative estimate of drug-likeness (QED) is 0.202. The molecular formula is C30H45N2O4PdS-. The number of rotatable bonds is 10. The fraction of sp³-hybridized carbons (Fsp3) is 0.467. The maximum Gasteiger partial charge on any atom is 0.241 e. The van der Waals surface area contributed by atoms with Crippen molar-refractivity contribution in [1.82, 2.24) is 10.6 Å². The number of carbonyl (C=O) groups is 2. The van der Waals surface area contributed by atoms with Crippen molar-refractivity contribution in [2.24, 2.45) is 0 Å². The van der Waals surface area contributed by atoms with Crippen molar-refractivity contribution in [3.05, 3.63) is 59.2 Å². The molecule has 2 amide bonds. The molecule has 0 spiro atoms. The van der Waals surface area contributed by atoms with Crippen molar-refractivity contribution < 1.29 is 39.5 Å². The standard InChI is InChI=1S/C23H30N2O4S.C3H4.2C2H6.Pd/c1-5-6-16-7-9-17(10-8-16)22(25-23(27)20(14-30)24-15(2)26)19-12-11-18(28-3)13-21(19)29-4;1-3-2;2*1-2;/h7-13,20,22,30H,5-6,14H2,1-4H3,(H,24,26)(H,25,27);1H,2H3;2*1-2H3;/p-1. The van der Waals surface area contributed by atoms with Crippen LogP contribution in [0.4, 0.5) is 0 Å².